The van der Waals surface area contributed by atoms with Crippen LogP contribution in [0.1, 0.15) is 19.3 Å². The van der Waals surface area contributed by atoms with Crippen molar-refractivity contribution < 1.29 is 0 Å². The lowest BCUT2D eigenvalue weighted by Gasteiger charge is -2.05. The van der Waals surface area contributed by atoms with Gasteiger partial charge in [-0.2, -0.15) is 0 Å². The third-order valence-electron chi connectivity index (χ3n) is 1.46. The van der Waals surface area contributed by atoms with Crippen molar-refractivity contribution in [2.45, 2.75) is 25.4 Å². The Morgan fingerprint density at radius 3 is 2.36 bits per heavy atom. The Hall–Kier alpha value is -0.160. The maximum Gasteiger partial charge on any atom is 0.0533 e. The van der Waals surface area contributed by atoms with E-state index >= 15 is 0 Å². The van der Waals surface area contributed by atoms with Crippen molar-refractivity contribution in [1.29, 1.82) is 0 Å². The van der Waals surface area contributed by atoms with Crippen LogP contribution in [0, 0.1) is 0 Å². The summed E-state index contributed by atoms with van der Waals surface area (Å²) in [6.07, 6.45) is 2.87. The van der Waals surface area contributed by atoms with Crippen molar-refractivity contribution in [3.8, 4) is 0 Å². The van der Waals surface area contributed by atoms with E-state index < -0.39 is 0 Å². The lowest BCUT2D eigenvalue weighted by molar-refractivity contribution is 0.558. The van der Waals surface area contributed by atoms with E-state index in [2.05, 4.69) is 5.32 Å². The molecule has 0 saturated carbocycles. The van der Waals surface area contributed by atoms with E-state index in [-0.39, 0.29) is 6.17 Å². The average molecular weight is 160 g/mol. The zero-order chi connectivity index (χ0) is 8.53. The van der Waals surface area contributed by atoms with E-state index in [1.165, 1.54) is 0 Å². The predicted octanol–water partition coefficient (Wildman–Crippen LogP) is -1.05. The van der Waals surface area contributed by atoms with E-state index in [0.29, 0.717) is 0 Å². The highest BCUT2D eigenvalue weighted by atomic mass is 14.9. The standard InChI is InChI=1S/C7H20N4/c8-4-1-2-5-11-6-3-7(9)10/h7,11H,1-6,8-10H2. The van der Waals surface area contributed by atoms with Crippen LogP contribution in [-0.2, 0) is 0 Å². The Morgan fingerprint density at radius 1 is 1.09 bits per heavy atom. The molecule has 0 rings (SSSR count). The number of rotatable bonds is 7. The Kier molecular flexibility index (Phi) is 7.83. The summed E-state index contributed by atoms with van der Waals surface area (Å²) >= 11 is 0. The maximum absolute atomic E-state index is 5.35. The second-order valence-corrected chi connectivity index (χ2v) is 2.70. The summed E-state index contributed by atoms with van der Waals surface area (Å²) in [6.45, 7) is 2.70. The van der Waals surface area contributed by atoms with Gasteiger partial charge in [0.2, 0.25) is 0 Å². The van der Waals surface area contributed by atoms with Gasteiger partial charge in [-0.1, -0.05) is 0 Å². The number of hydrogen-bond acceptors (Lipinski definition) is 4. The van der Waals surface area contributed by atoms with Crippen molar-refractivity contribution in [2.75, 3.05) is 19.6 Å². The van der Waals surface area contributed by atoms with Crippen molar-refractivity contribution >= 4 is 0 Å². The van der Waals surface area contributed by atoms with E-state index in [4.69, 9.17) is 17.2 Å². The van der Waals surface area contributed by atoms with Gasteiger partial charge in [-0.15, -0.1) is 0 Å². The van der Waals surface area contributed by atoms with E-state index in [0.717, 1.165) is 38.9 Å². The zero-order valence-electron chi connectivity index (χ0n) is 7.05. The van der Waals surface area contributed by atoms with Gasteiger partial charge in [0.05, 0.1) is 6.17 Å². The minimum absolute atomic E-state index is 0.183. The molecule has 0 aliphatic carbocycles. The zero-order valence-corrected chi connectivity index (χ0v) is 7.05. The number of hydrogen-bond donors (Lipinski definition) is 4. The molecule has 4 nitrogen and oxygen atoms in total. The molecule has 0 unspecified atom stereocenters. The molecule has 0 aliphatic rings. The molecule has 0 heterocycles. The summed E-state index contributed by atoms with van der Waals surface area (Å²) in [7, 11) is 0. The van der Waals surface area contributed by atoms with E-state index in [9.17, 15) is 0 Å². The minimum Gasteiger partial charge on any atom is -0.330 e. The van der Waals surface area contributed by atoms with Gasteiger partial charge in [-0.05, 0) is 38.9 Å². The van der Waals surface area contributed by atoms with Crippen LogP contribution in [0.3, 0.4) is 0 Å². The quantitative estimate of drug-likeness (QED) is 0.282. The van der Waals surface area contributed by atoms with Crippen LogP contribution in [0.15, 0.2) is 0 Å². The number of nitrogens with one attached hydrogen (secondary N) is 1. The summed E-state index contributed by atoms with van der Waals surface area (Å²) in [5.74, 6) is 0. The van der Waals surface area contributed by atoms with Crippen LogP contribution in [0.5, 0.6) is 0 Å². The highest BCUT2D eigenvalue weighted by Gasteiger charge is 1.92. The van der Waals surface area contributed by atoms with Crippen LogP contribution in [-0.4, -0.2) is 25.8 Å². The van der Waals surface area contributed by atoms with Crippen molar-refractivity contribution in [3.63, 3.8) is 0 Å². The summed E-state index contributed by atoms with van der Waals surface area (Å²) in [5.41, 5.74) is 16.0. The highest BCUT2D eigenvalue weighted by Crippen LogP contribution is 1.83. The Morgan fingerprint density at radius 2 is 1.82 bits per heavy atom. The Bertz CT molecular complexity index is 74.8. The second kappa shape index (κ2) is 7.94. The first-order chi connectivity index (χ1) is 5.27. The molecule has 0 atom stereocenters. The normalized spacial score (nSPS) is 10.9. The van der Waals surface area contributed by atoms with Gasteiger partial charge in [0.1, 0.15) is 0 Å². The largest absolute Gasteiger partial charge is 0.330 e. The molecule has 0 spiro atoms. The van der Waals surface area contributed by atoms with Gasteiger partial charge >= 0.3 is 0 Å². The molecule has 0 amide bonds. The van der Waals surface area contributed by atoms with Crippen LogP contribution in [0.4, 0.5) is 0 Å². The molecule has 4 heteroatoms. The topological polar surface area (TPSA) is 90.1 Å². The fraction of sp³-hybridized carbons (Fsp3) is 1.00. The smallest absolute Gasteiger partial charge is 0.0533 e. The minimum atomic E-state index is -0.183. The summed E-state index contributed by atoms with van der Waals surface area (Å²) < 4.78 is 0. The molecule has 0 aliphatic heterocycles. The molecule has 0 aromatic carbocycles. The van der Waals surface area contributed by atoms with E-state index in [1.54, 1.807) is 0 Å². The summed E-state index contributed by atoms with van der Waals surface area (Å²) in [5, 5.41) is 3.24. The van der Waals surface area contributed by atoms with Gasteiger partial charge < -0.3 is 22.5 Å². The van der Waals surface area contributed by atoms with E-state index in [1.807, 2.05) is 0 Å². The third kappa shape index (κ3) is 9.84. The van der Waals surface area contributed by atoms with Gasteiger partial charge in [-0.3, -0.25) is 0 Å². The summed E-state index contributed by atoms with van der Waals surface area (Å²) in [6, 6.07) is 0. The fourth-order valence-corrected chi connectivity index (χ4v) is 0.788. The fourth-order valence-electron chi connectivity index (χ4n) is 0.788. The SMILES string of the molecule is NCCCCNCCC(N)N. The predicted molar refractivity (Wildman–Crippen MR) is 47.9 cm³/mol. The maximum atomic E-state index is 5.35. The van der Waals surface area contributed by atoms with Crippen molar-refractivity contribution in [2.24, 2.45) is 17.2 Å². The molecule has 68 valence electrons. The molecule has 0 bridgehead atoms. The molecular weight excluding hydrogens is 140 g/mol. The number of nitrogens with two attached hydrogens (primary N) is 3. The van der Waals surface area contributed by atoms with Crippen LogP contribution < -0.4 is 22.5 Å². The Balaban J connectivity index is 2.80. The first-order valence-electron chi connectivity index (χ1n) is 4.19. The van der Waals surface area contributed by atoms with Crippen molar-refractivity contribution in [1.82, 2.24) is 5.32 Å². The first-order valence-corrected chi connectivity index (χ1v) is 4.19. The molecular formula is C7H20N4. The molecule has 0 fully saturated rings. The van der Waals surface area contributed by atoms with Gasteiger partial charge in [-0.25, -0.2) is 0 Å². The average Bonchev–Trinajstić information content (AvgIpc) is 1.96. The molecule has 7 N–H and O–H groups in total. The monoisotopic (exact) mass is 160 g/mol. The van der Waals surface area contributed by atoms with Crippen LogP contribution in [0.2, 0.25) is 0 Å². The Labute approximate surface area is 68.5 Å². The van der Waals surface area contributed by atoms with Gasteiger partial charge in [0.15, 0.2) is 0 Å². The molecule has 0 saturated heterocycles. The highest BCUT2D eigenvalue weighted by molar-refractivity contribution is 4.54. The van der Waals surface area contributed by atoms with Crippen molar-refractivity contribution in [3.05, 3.63) is 0 Å². The number of unbranched alkanes of at least 4 members (excludes halogenated alkanes) is 1. The molecule has 0 aromatic heterocycles. The first kappa shape index (κ1) is 10.8. The summed E-state index contributed by atoms with van der Waals surface area (Å²) in [4.78, 5) is 0. The van der Waals surface area contributed by atoms with Crippen LogP contribution in [0.25, 0.3) is 0 Å². The van der Waals surface area contributed by atoms with Gasteiger partial charge in [0, 0.05) is 0 Å². The molecule has 0 radical (unpaired) electrons. The third-order valence-corrected chi connectivity index (χ3v) is 1.46. The van der Waals surface area contributed by atoms with Gasteiger partial charge in [0.25, 0.3) is 0 Å². The molecule has 11 heavy (non-hydrogen) atoms. The molecule has 0 aromatic rings. The lowest BCUT2D eigenvalue weighted by Crippen LogP contribution is -2.34. The second-order valence-electron chi connectivity index (χ2n) is 2.70. The lowest BCUT2D eigenvalue weighted by atomic mass is 10.3. The van der Waals surface area contributed by atoms with Crippen LogP contribution >= 0.6 is 0 Å².